The van der Waals surface area contributed by atoms with Crippen molar-refractivity contribution in [3.05, 3.63) is 17.0 Å². The smallest absolute Gasteiger partial charge is 0.396 e. The Morgan fingerprint density at radius 2 is 2.17 bits per heavy atom. The lowest BCUT2D eigenvalue weighted by molar-refractivity contribution is -0.142. The van der Waals surface area contributed by atoms with Crippen molar-refractivity contribution in [1.82, 2.24) is 15.5 Å². The molecule has 130 valence electrons. The Morgan fingerprint density at radius 3 is 2.74 bits per heavy atom. The average Bonchev–Trinajstić information content (AvgIpc) is 2.89. The number of fused-ring (bicyclic) bond motifs is 1. The maximum atomic E-state index is 12.9. The van der Waals surface area contributed by atoms with Crippen LogP contribution in [0.4, 0.5) is 13.2 Å². The van der Waals surface area contributed by atoms with Crippen molar-refractivity contribution in [2.75, 3.05) is 6.61 Å². The molecule has 8 heteroatoms. The molecule has 1 aliphatic carbocycles. The van der Waals surface area contributed by atoms with Crippen molar-refractivity contribution in [1.29, 1.82) is 0 Å². The van der Waals surface area contributed by atoms with Gasteiger partial charge in [-0.2, -0.15) is 18.3 Å². The second-order valence-electron chi connectivity index (χ2n) is 6.34. The highest BCUT2D eigenvalue weighted by Gasteiger charge is 2.40. The molecule has 2 atom stereocenters. The summed E-state index contributed by atoms with van der Waals surface area (Å²) >= 11 is 0. The van der Waals surface area contributed by atoms with Crippen LogP contribution in [-0.2, 0) is 23.8 Å². The summed E-state index contributed by atoms with van der Waals surface area (Å²) in [6.45, 7) is 3.81. The Labute approximate surface area is 132 Å². The number of aromatic amines is 1. The van der Waals surface area contributed by atoms with Gasteiger partial charge in [-0.1, -0.05) is 13.8 Å². The maximum absolute atomic E-state index is 12.9. The minimum atomic E-state index is -4.51. The average molecular weight is 333 g/mol. The van der Waals surface area contributed by atoms with Crippen LogP contribution in [0.1, 0.15) is 43.6 Å². The fourth-order valence-electron chi connectivity index (χ4n) is 2.97. The topological polar surface area (TPSA) is 78.0 Å². The largest absolute Gasteiger partial charge is 0.435 e. The molecule has 1 amide bonds. The second-order valence-corrected chi connectivity index (χ2v) is 6.34. The molecule has 5 nitrogen and oxygen atoms in total. The highest BCUT2D eigenvalue weighted by molar-refractivity contribution is 5.79. The minimum absolute atomic E-state index is 0.0381. The standard InChI is InChI=1S/C15H22F3N3O2/c1-8(2)11(5-6-22)19-14(23)9-3-4-12-10(7-9)13(21-20-12)15(16,17)18/h8-9,11,22H,3-7H2,1-2H3,(H,19,23)(H,20,21). The van der Waals surface area contributed by atoms with E-state index in [4.69, 9.17) is 5.11 Å². The normalized spacial score (nSPS) is 19.5. The minimum Gasteiger partial charge on any atom is -0.396 e. The SMILES string of the molecule is CC(C)C(CCO)NC(=O)C1CCc2[nH]nc(C(F)(F)F)c2C1. The molecule has 0 saturated carbocycles. The molecule has 1 heterocycles. The van der Waals surface area contributed by atoms with Crippen LogP contribution in [0, 0.1) is 11.8 Å². The number of amides is 1. The van der Waals surface area contributed by atoms with Crippen LogP contribution in [0.3, 0.4) is 0 Å². The molecule has 2 unspecified atom stereocenters. The van der Waals surface area contributed by atoms with E-state index in [1.54, 1.807) is 0 Å². The van der Waals surface area contributed by atoms with Gasteiger partial charge in [0, 0.05) is 29.8 Å². The van der Waals surface area contributed by atoms with Gasteiger partial charge in [0.25, 0.3) is 0 Å². The van der Waals surface area contributed by atoms with E-state index in [0.29, 0.717) is 25.0 Å². The summed E-state index contributed by atoms with van der Waals surface area (Å²) in [5, 5.41) is 17.7. The van der Waals surface area contributed by atoms with E-state index in [1.165, 1.54) is 0 Å². The van der Waals surface area contributed by atoms with Crippen LogP contribution in [0.2, 0.25) is 0 Å². The van der Waals surface area contributed by atoms with Crippen LogP contribution < -0.4 is 5.32 Å². The van der Waals surface area contributed by atoms with Crippen molar-refractivity contribution in [2.24, 2.45) is 11.8 Å². The molecule has 0 aromatic carbocycles. The lowest BCUT2D eigenvalue weighted by Gasteiger charge is -2.27. The zero-order valence-corrected chi connectivity index (χ0v) is 13.2. The van der Waals surface area contributed by atoms with E-state index in [0.717, 1.165) is 0 Å². The Kier molecular flexibility index (Phi) is 5.33. The van der Waals surface area contributed by atoms with Gasteiger partial charge >= 0.3 is 6.18 Å². The van der Waals surface area contributed by atoms with Crippen molar-refractivity contribution >= 4 is 5.91 Å². The van der Waals surface area contributed by atoms with E-state index in [1.807, 2.05) is 13.8 Å². The van der Waals surface area contributed by atoms with E-state index < -0.39 is 17.8 Å². The van der Waals surface area contributed by atoms with Gasteiger partial charge in [-0.25, -0.2) is 0 Å². The molecule has 0 spiro atoms. The van der Waals surface area contributed by atoms with Gasteiger partial charge in [0.05, 0.1) is 0 Å². The molecule has 3 N–H and O–H groups in total. The number of aromatic nitrogens is 2. The monoisotopic (exact) mass is 333 g/mol. The van der Waals surface area contributed by atoms with Crippen LogP contribution in [0.15, 0.2) is 0 Å². The van der Waals surface area contributed by atoms with Gasteiger partial charge in [0.15, 0.2) is 5.69 Å². The third-order valence-corrected chi connectivity index (χ3v) is 4.36. The molecular formula is C15H22F3N3O2. The predicted octanol–water partition coefficient (Wildman–Crippen LogP) is 2.06. The third kappa shape index (κ3) is 4.04. The number of carbonyl (C=O) groups is 1. The lowest BCUT2D eigenvalue weighted by atomic mass is 9.85. The van der Waals surface area contributed by atoms with Crippen LogP contribution in [-0.4, -0.2) is 33.9 Å². The number of nitrogens with one attached hydrogen (secondary N) is 2. The quantitative estimate of drug-likeness (QED) is 0.772. The number of H-pyrrole nitrogens is 1. The Morgan fingerprint density at radius 1 is 1.48 bits per heavy atom. The van der Waals surface area contributed by atoms with E-state index in [-0.39, 0.29) is 36.5 Å². The number of halogens is 3. The Hall–Kier alpha value is -1.57. The van der Waals surface area contributed by atoms with Gasteiger partial charge in [0.2, 0.25) is 5.91 Å². The Balaban J connectivity index is 2.09. The highest BCUT2D eigenvalue weighted by atomic mass is 19.4. The lowest BCUT2D eigenvalue weighted by Crippen LogP contribution is -2.43. The van der Waals surface area contributed by atoms with Gasteiger partial charge < -0.3 is 10.4 Å². The van der Waals surface area contributed by atoms with E-state index in [9.17, 15) is 18.0 Å². The Bertz CT molecular complexity index is 555. The molecule has 0 fully saturated rings. The number of nitrogens with zero attached hydrogens (tertiary/aromatic N) is 1. The van der Waals surface area contributed by atoms with Crippen LogP contribution in [0.5, 0.6) is 0 Å². The first-order valence-corrected chi connectivity index (χ1v) is 7.78. The van der Waals surface area contributed by atoms with Gasteiger partial charge in [-0.3, -0.25) is 9.89 Å². The molecule has 1 aliphatic rings. The first-order chi connectivity index (χ1) is 10.7. The van der Waals surface area contributed by atoms with Gasteiger partial charge in [-0.15, -0.1) is 0 Å². The number of hydrogen-bond acceptors (Lipinski definition) is 3. The molecule has 0 aliphatic heterocycles. The summed E-state index contributed by atoms with van der Waals surface area (Å²) in [6.07, 6.45) is -3.18. The molecule has 2 rings (SSSR count). The number of alkyl halides is 3. The van der Waals surface area contributed by atoms with Crippen molar-refractivity contribution in [3.63, 3.8) is 0 Å². The van der Waals surface area contributed by atoms with Crippen LogP contribution in [0.25, 0.3) is 0 Å². The number of aliphatic hydroxyl groups excluding tert-OH is 1. The number of aryl methyl sites for hydroxylation is 1. The maximum Gasteiger partial charge on any atom is 0.435 e. The fraction of sp³-hybridized carbons (Fsp3) is 0.733. The van der Waals surface area contributed by atoms with Crippen LogP contribution >= 0.6 is 0 Å². The second kappa shape index (κ2) is 6.90. The summed E-state index contributed by atoms with van der Waals surface area (Å²) in [5.41, 5.74) is -0.343. The number of rotatable bonds is 5. The van der Waals surface area contributed by atoms with Gasteiger partial charge in [-0.05, 0) is 31.6 Å². The zero-order chi connectivity index (χ0) is 17.2. The summed E-state index contributed by atoms with van der Waals surface area (Å²) in [7, 11) is 0. The highest BCUT2D eigenvalue weighted by Crippen LogP contribution is 2.36. The van der Waals surface area contributed by atoms with Crippen molar-refractivity contribution < 1.29 is 23.1 Å². The van der Waals surface area contributed by atoms with Gasteiger partial charge in [0.1, 0.15) is 0 Å². The third-order valence-electron chi connectivity index (χ3n) is 4.36. The molecule has 0 saturated heterocycles. The molecule has 1 aromatic rings. The summed E-state index contributed by atoms with van der Waals surface area (Å²) in [6, 6.07) is -0.180. The summed E-state index contributed by atoms with van der Waals surface area (Å²) in [5.74, 6) is -0.608. The number of hydrogen-bond donors (Lipinski definition) is 3. The summed E-state index contributed by atoms with van der Waals surface area (Å²) < 4.78 is 38.8. The number of carbonyl (C=O) groups excluding carboxylic acids is 1. The summed E-state index contributed by atoms with van der Waals surface area (Å²) in [4.78, 5) is 12.4. The van der Waals surface area contributed by atoms with Crippen molar-refractivity contribution in [3.8, 4) is 0 Å². The molecule has 1 aromatic heterocycles. The molecule has 0 radical (unpaired) electrons. The fourth-order valence-corrected chi connectivity index (χ4v) is 2.97. The predicted molar refractivity (Wildman–Crippen MR) is 77.6 cm³/mol. The first-order valence-electron chi connectivity index (χ1n) is 7.78. The zero-order valence-electron chi connectivity index (χ0n) is 13.2. The molecule has 23 heavy (non-hydrogen) atoms. The van der Waals surface area contributed by atoms with Crippen molar-refractivity contribution in [2.45, 2.75) is 51.7 Å². The molecule has 0 bridgehead atoms. The molecular weight excluding hydrogens is 311 g/mol. The first kappa shape index (κ1) is 17.8. The van der Waals surface area contributed by atoms with E-state index in [2.05, 4.69) is 15.5 Å². The number of aliphatic hydroxyl groups is 1. The van der Waals surface area contributed by atoms with E-state index >= 15 is 0 Å².